The van der Waals surface area contributed by atoms with Crippen molar-refractivity contribution in [1.29, 1.82) is 0 Å². The summed E-state index contributed by atoms with van der Waals surface area (Å²) in [6.45, 7) is 18.6. The van der Waals surface area contributed by atoms with Crippen LogP contribution in [0.3, 0.4) is 0 Å². The number of morpholine rings is 1. The molecular weight excluding hydrogens is 608 g/mol. The molecule has 1 amide bonds. The zero-order chi connectivity index (χ0) is 34.7. The first-order valence-electron chi connectivity index (χ1n) is 19.3. The number of nitrogens with one attached hydrogen (secondary N) is 1. The number of rotatable bonds is 9. The third-order valence-corrected chi connectivity index (χ3v) is 16.7. The van der Waals surface area contributed by atoms with Gasteiger partial charge in [0.15, 0.2) is 6.29 Å². The molecule has 0 bridgehead atoms. The first kappa shape index (κ1) is 35.6. The molecule has 5 saturated carbocycles. The van der Waals surface area contributed by atoms with Gasteiger partial charge in [0.05, 0.1) is 43.0 Å². The average molecular weight is 675 g/mol. The van der Waals surface area contributed by atoms with Gasteiger partial charge in [-0.1, -0.05) is 34.6 Å². The van der Waals surface area contributed by atoms with Crippen molar-refractivity contribution < 1.29 is 34.3 Å². The highest BCUT2D eigenvalue weighted by Crippen LogP contribution is 2.89. The molecular formula is C39H66N2O7. The molecule has 2 saturated heterocycles. The van der Waals surface area contributed by atoms with E-state index in [1.807, 2.05) is 4.90 Å². The van der Waals surface area contributed by atoms with Crippen LogP contribution in [-0.2, 0) is 19.0 Å². The van der Waals surface area contributed by atoms with Crippen molar-refractivity contribution in [2.24, 2.45) is 56.7 Å². The van der Waals surface area contributed by atoms with E-state index in [4.69, 9.17) is 14.2 Å². The summed E-state index contributed by atoms with van der Waals surface area (Å²) >= 11 is 0. The van der Waals surface area contributed by atoms with Gasteiger partial charge >= 0.3 is 0 Å². The Morgan fingerprint density at radius 3 is 2.40 bits per heavy atom. The molecule has 0 radical (unpaired) electrons. The van der Waals surface area contributed by atoms with Gasteiger partial charge in [-0.25, -0.2) is 0 Å². The average Bonchev–Trinajstić information content (AvgIpc) is 3.62. The van der Waals surface area contributed by atoms with Crippen LogP contribution in [0.25, 0.3) is 0 Å². The number of carbonyl (C=O) groups is 1. The van der Waals surface area contributed by atoms with Crippen LogP contribution in [0, 0.1) is 56.7 Å². The second-order valence-corrected chi connectivity index (χ2v) is 19.2. The number of aliphatic hydroxyl groups excluding tert-OH is 2. The van der Waals surface area contributed by atoms with Gasteiger partial charge in [0.1, 0.15) is 6.10 Å². The number of amides is 1. The molecule has 13 atom stereocenters. The molecule has 7 rings (SSSR count). The molecule has 2 aliphatic heterocycles. The summed E-state index contributed by atoms with van der Waals surface area (Å²) in [7, 11) is 1.63. The fourth-order valence-electron chi connectivity index (χ4n) is 13.7. The summed E-state index contributed by atoms with van der Waals surface area (Å²) in [5.41, 5.74) is -0.780. The number of hydrogen-bond acceptors (Lipinski definition) is 8. The fourth-order valence-corrected chi connectivity index (χ4v) is 13.7. The monoisotopic (exact) mass is 674 g/mol. The van der Waals surface area contributed by atoms with Crippen molar-refractivity contribution >= 4 is 5.91 Å². The molecule has 2 spiro atoms. The lowest BCUT2D eigenvalue weighted by Gasteiger charge is -2.64. The van der Waals surface area contributed by atoms with E-state index in [0.29, 0.717) is 54.7 Å². The molecule has 9 nitrogen and oxygen atoms in total. The molecule has 0 aromatic heterocycles. The SMILES string of the molecule is COC(C[C@@H](C)C1C[C@H](O)[C@@]2(C)[C@@H]3CC[C@H]4C(C)(C)[C@@H](OC5CN(C(=O)C6CNC6)CCO5)CC[C@@]45CC35CC[C@]12C)[C@H](O)C(C)(C)O. The van der Waals surface area contributed by atoms with E-state index in [1.54, 1.807) is 21.0 Å². The van der Waals surface area contributed by atoms with Crippen LogP contribution in [0.4, 0.5) is 0 Å². The first-order chi connectivity index (χ1) is 22.5. The molecule has 274 valence electrons. The van der Waals surface area contributed by atoms with Gasteiger partial charge in [0.25, 0.3) is 0 Å². The maximum absolute atomic E-state index is 13.0. The Morgan fingerprint density at radius 1 is 1.06 bits per heavy atom. The van der Waals surface area contributed by atoms with Crippen molar-refractivity contribution in [2.45, 2.75) is 143 Å². The predicted octanol–water partition coefficient (Wildman–Crippen LogP) is 4.36. The summed E-state index contributed by atoms with van der Waals surface area (Å²) in [6, 6.07) is 0. The van der Waals surface area contributed by atoms with E-state index in [1.165, 1.54) is 25.7 Å². The second kappa shape index (κ2) is 11.9. The smallest absolute Gasteiger partial charge is 0.228 e. The summed E-state index contributed by atoms with van der Waals surface area (Å²) in [5, 5.41) is 36.8. The summed E-state index contributed by atoms with van der Waals surface area (Å²) in [5.74, 6) is 1.99. The van der Waals surface area contributed by atoms with Gasteiger partial charge in [-0.3, -0.25) is 4.79 Å². The molecule has 7 aliphatic rings. The first-order valence-corrected chi connectivity index (χ1v) is 19.3. The maximum Gasteiger partial charge on any atom is 0.228 e. The van der Waals surface area contributed by atoms with Crippen LogP contribution in [0.15, 0.2) is 0 Å². The highest BCUT2D eigenvalue weighted by Gasteiger charge is 2.83. The number of carbonyl (C=O) groups excluding carboxylic acids is 1. The van der Waals surface area contributed by atoms with Gasteiger partial charge in [-0.05, 0) is 117 Å². The van der Waals surface area contributed by atoms with E-state index >= 15 is 0 Å². The van der Waals surface area contributed by atoms with Gasteiger partial charge < -0.3 is 39.7 Å². The zero-order valence-corrected chi connectivity index (χ0v) is 31.1. The molecule has 48 heavy (non-hydrogen) atoms. The summed E-state index contributed by atoms with van der Waals surface area (Å²) < 4.78 is 18.7. The topological polar surface area (TPSA) is 121 Å². The van der Waals surface area contributed by atoms with E-state index < -0.39 is 17.8 Å². The largest absolute Gasteiger partial charge is 0.393 e. The molecule has 0 aromatic carbocycles. The number of methoxy groups -OCH3 is 1. The minimum absolute atomic E-state index is 0.00332. The maximum atomic E-state index is 13.0. The fraction of sp³-hybridized carbons (Fsp3) is 0.974. The second-order valence-electron chi connectivity index (χ2n) is 19.2. The Labute approximate surface area is 289 Å². The normalized spacial score (nSPS) is 47.1. The van der Waals surface area contributed by atoms with Crippen LogP contribution in [0.5, 0.6) is 0 Å². The number of ether oxygens (including phenoxy) is 3. The number of nitrogens with zero attached hydrogens (tertiary/aromatic N) is 1. The minimum atomic E-state index is -1.24. The predicted molar refractivity (Wildman–Crippen MR) is 183 cm³/mol. The summed E-state index contributed by atoms with van der Waals surface area (Å²) in [6.07, 6.45) is 7.62. The van der Waals surface area contributed by atoms with Crippen molar-refractivity contribution in [1.82, 2.24) is 10.2 Å². The van der Waals surface area contributed by atoms with Gasteiger partial charge in [0, 0.05) is 32.2 Å². The van der Waals surface area contributed by atoms with E-state index in [2.05, 4.69) is 39.9 Å². The molecule has 4 unspecified atom stereocenters. The Morgan fingerprint density at radius 2 is 1.75 bits per heavy atom. The van der Waals surface area contributed by atoms with Crippen LogP contribution in [0.2, 0.25) is 0 Å². The zero-order valence-electron chi connectivity index (χ0n) is 31.1. The molecule has 9 heteroatoms. The van der Waals surface area contributed by atoms with Crippen molar-refractivity contribution in [3.8, 4) is 0 Å². The van der Waals surface area contributed by atoms with Crippen molar-refractivity contribution in [3.05, 3.63) is 0 Å². The third-order valence-electron chi connectivity index (χ3n) is 16.7. The Kier molecular flexibility index (Phi) is 8.79. The van der Waals surface area contributed by atoms with Crippen molar-refractivity contribution in [2.75, 3.05) is 39.9 Å². The Balaban J connectivity index is 1.06. The lowest BCUT2D eigenvalue weighted by Crippen LogP contribution is -2.60. The van der Waals surface area contributed by atoms with Crippen LogP contribution < -0.4 is 5.32 Å². The van der Waals surface area contributed by atoms with Gasteiger partial charge in [0.2, 0.25) is 5.91 Å². The van der Waals surface area contributed by atoms with E-state index in [-0.39, 0.29) is 52.5 Å². The van der Waals surface area contributed by atoms with E-state index in [9.17, 15) is 20.1 Å². The molecule has 7 fully saturated rings. The van der Waals surface area contributed by atoms with Crippen LogP contribution in [-0.4, -0.2) is 102 Å². The third kappa shape index (κ3) is 4.97. The minimum Gasteiger partial charge on any atom is -0.393 e. The Hall–Kier alpha value is -0.810. The lowest BCUT2D eigenvalue weighted by molar-refractivity contribution is -0.248. The van der Waals surface area contributed by atoms with Crippen LogP contribution >= 0.6 is 0 Å². The number of fused-ring (bicyclic) bond motifs is 2. The standard InChI is InChI=1S/C39H66N2O7/c1-23(17-26(46-8)32(43)35(4,5)45)25-18-29(42)37(7)28-10-9-27-34(2,3)30(11-12-38(27)22-39(28,38)14-13-36(25,37)6)48-31-21-41(15-16-47-31)33(44)24-19-40-20-24/h23-32,40,42-43,45H,9-22H2,1-8H3/t23-,25?,26?,27+,28+,29+,30+,31?,32+,36-,37-,38-,39?/m1/s1. The van der Waals surface area contributed by atoms with Gasteiger partial charge in [-0.15, -0.1) is 0 Å². The Bertz CT molecular complexity index is 1240. The highest BCUT2D eigenvalue weighted by atomic mass is 16.7. The molecule has 4 N–H and O–H groups in total. The summed E-state index contributed by atoms with van der Waals surface area (Å²) in [4.78, 5) is 14.9. The molecule has 5 aliphatic carbocycles. The molecule has 2 heterocycles. The highest BCUT2D eigenvalue weighted by molar-refractivity contribution is 5.80. The lowest BCUT2D eigenvalue weighted by atomic mass is 9.41. The quantitative estimate of drug-likeness (QED) is 0.285. The van der Waals surface area contributed by atoms with E-state index in [0.717, 1.165) is 38.8 Å². The number of aliphatic hydroxyl groups is 3. The van der Waals surface area contributed by atoms with Crippen LogP contribution in [0.1, 0.15) is 106 Å². The van der Waals surface area contributed by atoms with Gasteiger partial charge in [-0.2, -0.15) is 0 Å². The number of hydrogen-bond donors (Lipinski definition) is 4. The van der Waals surface area contributed by atoms with Crippen molar-refractivity contribution in [3.63, 3.8) is 0 Å². The molecule has 0 aromatic rings.